The number of nitrogens with one attached hydrogen (secondary N) is 2. The normalized spacial score (nSPS) is 18.4. The fourth-order valence-electron chi connectivity index (χ4n) is 2.37. The van der Waals surface area contributed by atoms with E-state index in [0.29, 0.717) is 6.54 Å². The Bertz CT molecular complexity index is 575. The zero-order chi connectivity index (χ0) is 14.5. The van der Waals surface area contributed by atoms with E-state index in [1.54, 1.807) is 11.3 Å². The first kappa shape index (κ1) is 17.9. The molecule has 2 aromatic rings. The van der Waals surface area contributed by atoms with Gasteiger partial charge in [0, 0.05) is 36.1 Å². The first-order valence-electron chi connectivity index (χ1n) is 7.40. The van der Waals surface area contributed by atoms with Crippen LogP contribution in [0, 0.1) is 0 Å². The topological polar surface area (TPSA) is 53.7 Å². The summed E-state index contributed by atoms with van der Waals surface area (Å²) in [5, 5.41) is 9.52. The van der Waals surface area contributed by atoms with Gasteiger partial charge in [0.15, 0.2) is 10.9 Å². The van der Waals surface area contributed by atoms with E-state index in [1.165, 1.54) is 18.6 Å². The van der Waals surface area contributed by atoms with Gasteiger partial charge >= 0.3 is 0 Å². The van der Waals surface area contributed by atoms with Gasteiger partial charge in [-0.2, -0.15) is 11.8 Å². The molecule has 1 aliphatic heterocycles. The summed E-state index contributed by atoms with van der Waals surface area (Å²) in [6.45, 7) is 4.58. The van der Waals surface area contributed by atoms with Gasteiger partial charge in [0.05, 0.1) is 12.2 Å². The second-order valence-corrected chi connectivity index (χ2v) is 7.32. The number of imidazole rings is 1. The highest BCUT2D eigenvalue weighted by atomic mass is 127. The molecule has 3 rings (SSSR count). The highest BCUT2D eigenvalue weighted by Crippen LogP contribution is 2.25. The first-order chi connectivity index (χ1) is 10.3. The van der Waals surface area contributed by atoms with Gasteiger partial charge in [-0.15, -0.1) is 35.3 Å². The van der Waals surface area contributed by atoms with E-state index in [9.17, 15) is 0 Å². The van der Waals surface area contributed by atoms with Crippen molar-refractivity contribution in [1.29, 1.82) is 0 Å². The number of thioether (sulfide) groups is 1. The van der Waals surface area contributed by atoms with Gasteiger partial charge in [-0.25, -0.2) is 9.98 Å². The number of rotatable bonds is 5. The number of thiazole rings is 1. The maximum Gasteiger partial charge on any atom is 0.193 e. The molecule has 1 unspecified atom stereocenters. The Kier molecular flexibility index (Phi) is 7.29. The van der Waals surface area contributed by atoms with Crippen LogP contribution in [-0.4, -0.2) is 39.4 Å². The van der Waals surface area contributed by atoms with Gasteiger partial charge in [0.1, 0.15) is 0 Å². The number of aromatic nitrogens is 2. The number of aliphatic imine (C=N–C) groups is 1. The molecule has 1 aliphatic rings. The van der Waals surface area contributed by atoms with Crippen molar-refractivity contribution in [3.8, 4) is 0 Å². The molecule has 0 amide bonds. The van der Waals surface area contributed by atoms with Crippen molar-refractivity contribution < 1.29 is 0 Å². The lowest BCUT2D eigenvalue weighted by molar-refractivity contribution is 0.726. The highest BCUT2D eigenvalue weighted by Gasteiger charge is 2.15. The Morgan fingerprint density at radius 3 is 3.14 bits per heavy atom. The maximum atomic E-state index is 4.63. The molecule has 2 N–H and O–H groups in total. The van der Waals surface area contributed by atoms with E-state index >= 15 is 0 Å². The van der Waals surface area contributed by atoms with Crippen molar-refractivity contribution in [3.63, 3.8) is 0 Å². The predicted octanol–water partition coefficient (Wildman–Crippen LogP) is 2.96. The van der Waals surface area contributed by atoms with Crippen LogP contribution in [0.15, 0.2) is 22.8 Å². The lowest BCUT2D eigenvalue weighted by Crippen LogP contribution is -2.40. The number of hydrogen-bond acceptors (Lipinski definition) is 4. The molecule has 3 heterocycles. The minimum Gasteiger partial charge on any atom is -0.357 e. The summed E-state index contributed by atoms with van der Waals surface area (Å²) in [6.07, 6.45) is 6.73. The van der Waals surface area contributed by atoms with Crippen LogP contribution in [0.2, 0.25) is 0 Å². The van der Waals surface area contributed by atoms with Gasteiger partial charge in [0.2, 0.25) is 0 Å². The van der Waals surface area contributed by atoms with Gasteiger partial charge in [-0.1, -0.05) is 0 Å². The Morgan fingerprint density at radius 2 is 2.41 bits per heavy atom. The van der Waals surface area contributed by atoms with Crippen LogP contribution in [0.1, 0.15) is 25.5 Å². The average molecular weight is 451 g/mol. The van der Waals surface area contributed by atoms with Crippen LogP contribution in [0.4, 0.5) is 0 Å². The number of guanidine groups is 1. The van der Waals surface area contributed by atoms with E-state index in [0.717, 1.165) is 35.0 Å². The minimum atomic E-state index is 0. The Hall–Kier alpha value is -0.480. The first-order valence-corrected chi connectivity index (χ1v) is 9.33. The van der Waals surface area contributed by atoms with Crippen molar-refractivity contribution in [2.24, 2.45) is 4.99 Å². The molecule has 0 bridgehead atoms. The van der Waals surface area contributed by atoms with Gasteiger partial charge in [-0.05, 0) is 25.5 Å². The van der Waals surface area contributed by atoms with Crippen LogP contribution < -0.4 is 10.6 Å². The van der Waals surface area contributed by atoms with E-state index < -0.39 is 0 Å². The summed E-state index contributed by atoms with van der Waals surface area (Å²) >= 11 is 3.71. The summed E-state index contributed by atoms with van der Waals surface area (Å²) in [5.74, 6) is 2.19. The van der Waals surface area contributed by atoms with Crippen molar-refractivity contribution in [3.05, 3.63) is 23.5 Å². The molecule has 1 saturated heterocycles. The third kappa shape index (κ3) is 4.76. The standard InChI is InChI=1S/C14H21N5S2.HI/c1-2-15-13(17-9-12-4-3-6-20-12)16-8-11-10-19-5-7-21-14(19)18-11;/h5,7,10,12H,2-4,6,8-9H2,1H3,(H2,15,16,17);1H. The lowest BCUT2D eigenvalue weighted by Gasteiger charge is -2.14. The smallest absolute Gasteiger partial charge is 0.193 e. The Morgan fingerprint density at radius 1 is 1.50 bits per heavy atom. The van der Waals surface area contributed by atoms with E-state index in [2.05, 4.69) is 39.3 Å². The summed E-state index contributed by atoms with van der Waals surface area (Å²) in [5.41, 5.74) is 1.01. The van der Waals surface area contributed by atoms with Crippen molar-refractivity contribution in [2.45, 2.75) is 31.6 Å². The molecule has 0 aromatic carbocycles. The molecule has 8 heteroatoms. The second kappa shape index (κ2) is 8.97. The summed E-state index contributed by atoms with van der Waals surface area (Å²) < 4.78 is 2.05. The molecule has 1 atom stereocenters. The van der Waals surface area contributed by atoms with E-state index in [-0.39, 0.29) is 24.0 Å². The maximum absolute atomic E-state index is 4.63. The van der Waals surface area contributed by atoms with Crippen LogP contribution in [0.25, 0.3) is 4.96 Å². The molecular formula is C14H22IN5S2. The van der Waals surface area contributed by atoms with Gasteiger partial charge < -0.3 is 10.6 Å². The fourth-order valence-corrected chi connectivity index (χ4v) is 4.29. The zero-order valence-corrected chi connectivity index (χ0v) is 16.6. The predicted molar refractivity (Wildman–Crippen MR) is 107 cm³/mol. The molecule has 1 fully saturated rings. The van der Waals surface area contributed by atoms with Gasteiger partial charge in [0.25, 0.3) is 0 Å². The summed E-state index contributed by atoms with van der Waals surface area (Å²) in [7, 11) is 0. The monoisotopic (exact) mass is 451 g/mol. The molecule has 122 valence electrons. The molecule has 0 radical (unpaired) electrons. The Balaban J connectivity index is 0.00000176. The molecule has 0 saturated carbocycles. The third-order valence-electron chi connectivity index (χ3n) is 3.41. The number of hydrogen-bond donors (Lipinski definition) is 2. The largest absolute Gasteiger partial charge is 0.357 e. The number of halogens is 1. The van der Waals surface area contributed by atoms with Gasteiger partial charge in [-0.3, -0.25) is 4.40 Å². The molecule has 5 nitrogen and oxygen atoms in total. The summed E-state index contributed by atoms with van der Waals surface area (Å²) in [6, 6.07) is 0. The molecule has 0 aliphatic carbocycles. The SMILES string of the molecule is CCNC(=NCc1cn2ccsc2n1)NCC1CCCS1.I. The van der Waals surface area contributed by atoms with Crippen LogP contribution in [0.3, 0.4) is 0 Å². The molecule has 0 spiro atoms. The van der Waals surface area contributed by atoms with Crippen LogP contribution >= 0.6 is 47.1 Å². The highest BCUT2D eigenvalue weighted by molar-refractivity contribution is 14.0. The molecule has 2 aromatic heterocycles. The Labute approximate surface area is 156 Å². The van der Waals surface area contributed by atoms with Crippen LogP contribution in [0.5, 0.6) is 0 Å². The number of fused-ring (bicyclic) bond motifs is 1. The van der Waals surface area contributed by atoms with E-state index in [4.69, 9.17) is 0 Å². The summed E-state index contributed by atoms with van der Waals surface area (Å²) in [4.78, 5) is 10.2. The quantitative estimate of drug-likeness (QED) is 0.417. The average Bonchev–Trinajstić information content (AvgIpc) is 3.18. The van der Waals surface area contributed by atoms with Crippen molar-refractivity contribution in [2.75, 3.05) is 18.8 Å². The lowest BCUT2D eigenvalue weighted by atomic mass is 10.2. The fraction of sp³-hybridized carbons (Fsp3) is 0.571. The molecule has 22 heavy (non-hydrogen) atoms. The van der Waals surface area contributed by atoms with E-state index in [1.807, 2.05) is 22.2 Å². The van der Waals surface area contributed by atoms with Crippen molar-refractivity contribution >= 4 is 58.0 Å². The number of nitrogens with zero attached hydrogens (tertiary/aromatic N) is 3. The zero-order valence-electron chi connectivity index (χ0n) is 12.6. The minimum absolute atomic E-state index is 0. The third-order valence-corrected chi connectivity index (χ3v) is 5.58. The molecular weight excluding hydrogens is 429 g/mol. The van der Waals surface area contributed by atoms with Crippen LogP contribution in [-0.2, 0) is 6.54 Å². The second-order valence-electron chi connectivity index (χ2n) is 5.04. The van der Waals surface area contributed by atoms with Crippen molar-refractivity contribution in [1.82, 2.24) is 20.0 Å².